The lowest BCUT2D eigenvalue weighted by Crippen LogP contribution is -2.11. The van der Waals surface area contributed by atoms with Crippen LogP contribution in [-0.2, 0) is 0 Å². The molecule has 0 bridgehead atoms. The summed E-state index contributed by atoms with van der Waals surface area (Å²) in [4.78, 5) is 22.3. The van der Waals surface area contributed by atoms with Crippen molar-refractivity contribution in [1.82, 2.24) is 10.2 Å². The normalized spacial score (nSPS) is 10.6. The quantitative estimate of drug-likeness (QED) is 0.471. The first kappa shape index (κ1) is 18.8. The summed E-state index contributed by atoms with van der Waals surface area (Å²) < 4.78 is 0.539. The van der Waals surface area contributed by atoms with Crippen molar-refractivity contribution in [2.75, 3.05) is 5.32 Å². The smallest absolute Gasteiger partial charge is 0.284 e. The molecule has 3 N–H and O–H groups in total. The first-order valence-corrected chi connectivity index (χ1v) is 9.40. The van der Waals surface area contributed by atoms with E-state index in [0.29, 0.717) is 14.4 Å². The Kier molecular flexibility index (Phi) is 5.38. The van der Waals surface area contributed by atoms with Gasteiger partial charge < -0.3 is 11.1 Å². The van der Waals surface area contributed by atoms with Gasteiger partial charge in [0.05, 0.1) is 9.82 Å². The number of nitrogens with two attached hydrogens (primary N) is 1. The molecule has 27 heavy (non-hydrogen) atoms. The van der Waals surface area contributed by atoms with Crippen LogP contribution >= 0.6 is 23.1 Å². The molecule has 8 nitrogen and oxygen atoms in total. The van der Waals surface area contributed by atoms with E-state index in [4.69, 9.17) is 5.73 Å². The Morgan fingerprint density at radius 2 is 2.00 bits per heavy atom. The van der Waals surface area contributed by atoms with Gasteiger partial charge in [0.1, 0.15) is 0 Å². The molecule has 0 spiro atoms. The molecule has 3 rings (SSSR count). The van der Waals surface area contributed by atoms with Crippen LogP contribution in [0.2, 0.25) is 0 Å². The van der Waals surface area contributed by atoms with Crippen LogP contribution in [0.3, 0.4) is 0 Å². The average Bonchev–Trinajstić information content (AvgIpc) is 3.04. The van der Waals surface area contributed by atoms with Gasteiger partial charge in [-0.05, 0) is 49.4 Å². The fourth-order valence-electron chi connectivity index (χ4n) is 2.36. The Morgan fingerprint density at radius 3 is 2.67 bits per heavy atom. The van der Waals surface area contributed by atoms with E-state index < -0.39 is 10.8 Å². The van der Waals surface area contributed by atoms with Crippen molar-refractivity contribution in [3.63, 3.8) is 0 Å². The number of primary amides is 1. The number of benzene rings is 2. The second-order valence-corrected chi connectivity index (χ2v) is 7.99. The molecular formula is C17H15N5O3S2. The second-order valence-electron chi connectivity index (χ2n) is 5.72. The zero-order valence-corrected chi connectivity index (χ0v) is 16.1. The number of nitro benzene ring substituents is 1. The second kappa shape index (κ2) is 7.72. The van der Waals surface area contributed by atoms with Crippen LogP contribution in [0, 0.1) is 24.0 Å². The minimum atomic E-state index is -0.717. The van der Waals surface area contributed by atoms with Crippen molar-refractivity contribution in [3.05, 3.63) is 63.2 Å². The number of nitrogens with one attached hydrogen (secondary N) is 1. The largest absolute Gasteiger partial charge is 0.366 e. The van der Waals surface area contributed by atoms with E-state index >= 15 is 0 Å². The highest BCUT2D eigenvalue weighted by atomic mass is 32.2. The summed E-state index contributed by atoms with van der Waals surface area (Å²) in [6.45, 7) is 4.02. The molecular weight excluding hydrogens is 386 g/mol. The fourth-order valence-corrected chi connectivity index (χ4v) is 4.17. The van der Waals surface area contributed by atoms with Gasteiger partial charge in [-0.3, -0.25) is 14.9 Å². The molecule has 0 saturated carbocycles. The van der Waals surface area contributed by atoms with Gasteiger partial charge in [-0.1, -0.05) is 29.0 Å². The average molecular weight is 401 g/mol. The summed E-state index contributed by atoms with van der Waals surface area (Å²) in [5.41, 5.74) is 8.24. The summed E-state index contributed by atoms with van der Waals surface area (Å²) in [6, 6.07) is 10.1. The number of aryl methyl sites for hydroxylation is 2. The molecule has 0 saturated heterocycles. The third kappa shape index (κ3) is 4.41. The number of nitrogens with zero attached hydrogens (tertiary/aromatic N) is 3. The van der Waals surface area contributed by atoms with Crippen LogP contribution in [-0.4, -0.2) is 21.0 Å². The Hall–Kier alpha value is -2.98. The molecule has 0 unspecified atom stereocenters. The van der Waals surface area contributed by atoms with E-state index in [9.17, 15) is 14.9 Å². The maximum absolute atomic E-state index is 11.3. The summed E-state index contributed by atoms with van der Waals surface area (Å²) >= 11 is 2.39. The Labute approximate surface area is 163 Å². The molecule has 0 radical (unpaired) electrons. The van der Waals surface area contributed by atoms with Crippen LogP contribution < -0.4 is 11.1 Å². The van der Waals surface area contributed by atoms with Gasteiger partial charge in [0.2, 0.25) is 11.0 Å². The highest BCUT2D eigenvalue weighted by molar-refractivity contribution is 8.01. The molecule has 138 valence electrons. The molecule has 0 aliphatic rings. The molecule has 1 aromatic heterocycles. The van der Waals surface area contributed by atoms with E-state index in [-0.39, 0.29) is 11.3 Å². The third-order valence-corrected chi connectivity index (χ3v) is 5.62. The topological polar surface area (TPSA) is 124 Å². The van der Waals surface area contributed by atoms with Gasteiger partial charge in [-0.15, -0.1) is 10.2 Å². The van der Waals surface area contributed by atoms with Gasteiger partial charge >= 0.3 is 0 Å². The predicted octanol–water partition coefficient (Wildman–Crippen LogP) is 4.06. The van der Waals surface area contributed by atoms with Crippen molar-refractivity contribution in [2.24, 2.45) is 5.73 Å². The Morgan fingerprint density at radius 1 is 1.22 bits per heavy atom. The Bertz CT molecular complexity index is 1040. The Balaban J connectivity index is 1.81. The monoisotopic (exact) mass is 401 g/mol. The summed E-state index contributed by atoms with van der Waals surface area (Å²) in [5.74, 6) is -0.717. The number of anilines is 2. The fraction of sp³-hybridized carbons (Fsp3) is 0.118. The van der Waals surface area contributed by atoms with Crippen molar-refractivity contribution in [3.8, 4) is 0 Å². The van der Waals surface area contributed by atoms with Gasteiger partial charge in [0.25, 0.3) is 5.69 Å². The first-order valence-electron chi connectivity index (χ1n) is 7.77. The number of aromatic nitrogens is 2. The zero-order chi connectivity index (χ0) is 19.6. The molecule has 2 aromatic carbocycles. The van der Waals surface area contributed by atoms with Crippen molar-refractivity contribution in [1.29, 1.82) is 0 Å². The minimum Gasteiger partial charge on any atom is -0.366 e. The number of amides is 1. The molecule has 3 aromatic rings. The number of carbonyl (C=O) groups excluding carboxylic acids is 1. The predicted molar refractivity (Wildman–Crippen MR) is 105 cm³/mol. The van der Waals surface area contributed by atoms with Gasteiger partial charge in [-0.25, -0.2) is 0 Å². The lowest BCUT2D eigenvalue weighted by atomic mass is 10.1. The van der Waals surface area contributed by atoms with Gasteiger partial charge in [0.15, 0.2) is 4.34 Å². The number of hydrogen-bond donors (Lipinski definition) is 2. The maximum atomic E-state index is 11.3. The maximum Gasteiger partial charge on any atom is 0.284 e. The first-order chi connectivity index (χ1) is 12.8. The summed E-state index contributed by atoms with van der Waals surface area (Å²) in [7, 11) is 0. The van der Waals surface area contributed by atoms with Crippen LogP contribution in [0.5, 0.6) is 0 Å². The highest BCUT2D eigenvalue weighted by Crippen LogP contribution is 2.38. The van der Waals surface area contributed by atoms with Crippen LogP contribution in [0.1, 0.15) is 21.5 Å². The van der Waals surface area contributed by atoms with Crippen LogP contribution in [0.25, 0.3) is 0 Å². The van der Waals surface area contributed by atoms with E-state index in [0.717, 1.165) is 23.0 Å². The molecule has 0 fully saturated rings. The van der Waals surface area contributed by atoms with Crippen molar-refractivity contribution >= 4 is 45.5 Å². The third-order valence-electron chi connectivity index (χ3n) is 3.67. The van der Waals surface area contributed by atoms with Crippen molar-refractivity contribution < 1.29 is 9.72 Å². The molecule has 1 heterocycles. The van der Waals surface area contributed by atoms with E-state index in [1.165, 1.54) is 35.1 Å². The zero-order valence-electron chi connectivity index (χ0n) is 14.4. The minimum absolute atomic E-state index is 0.0838. The summed E-state index contributed by atoms with van der Waals surface area (Å²) in [5, 5.41) is 23.2. The number of rotatable bonds is 6. The molecule has 0 atom stereocenters. The number of hydrogen-bond acceptors (Lipinski definition) is 8. The summed E-state index contributed by atoms with van der Waals surface area (Å²) in [6.07, 6.45) is 0. The number of nitro groups is 1. The highest BCUT2D eigenvalue weighted by Gasteiger charge is 2.19. The van der Waals surface area contributed by atoms with Crippen molar-refractivity contribution in [2.45, 2.75) is 23.1 Å². The van der Waals surface area contributed by atoms with E-state index in [1.807, 2.05) is 26.0 Å². The lowest BCUT2D eigenvalue weighted by molar-refractivity contribution is -0.387. The van der Waals surface area contributed by atoms with Crippen LogP contribution in [0.15, 0.2) is 45.6 Å². The molecule has 10 heteroatoms. The van der Waals surface area contributed by atoms with Gasteiger partial charge in [0, 0.05) is 17.3 Å². The molecule has 0 aliphatic carbocycles. The standard InChI is InChI=1S/C17H15N5O3S2/c1-9-3-5-12(10(2)7-9)19-16-20-21-17(27-16)26-14-6-4-11(15(18)23)8-13(14)22(24)25/h3-8H,1-2H3,(H2,18,23)(H,19,20). The lowest BCUT2D eigenvalue weighted by Gasteiger charge is -2.06. The SMILES string of the molecule is Cc1ccc(Nc2nnc(Sc3ccc(C(N)=O)cc3[N+](=O)[O-])s2)c(C)c1. The van der Waals surface area contributed by atoms with Crippen LogP contribution in [0.4, 0.5) is 16.5 Å². The van der Waals surface area contributed by atoms with Gasteiger partial charge in [-0.2, -0.15) is 0 Å². The van der Waals surface area contributed by atoms with E-state index in [2.05, 4.69) is 21.6 Å². The van der Waals surface area contributed by atoms with E-state index in [1.54, 1.807) is 0 Å². The molecule has 0 aliphatic heterocycles. The number of carbonyl (C=O) groups is 1. The molecule has 1 amide bonds.